The predicted molar refractivity (Wildman–Crippen MR) is 271 cm³/mol. The number of fused-ring (bicyclic) bond motifs is 12. The van der Waals surface area contributed by atoms with Crippen molar-refractivity contribution in [2.24, 2.45) is 0 Å². The topological polar surface area (TPSA) is 57.4 Å². The van der Waals surface area contributed by atoms with E-state index in [9.17, 15) is 0 Å². The first-order valence-electron chi connectivity index (χ1n) is 21.8. The third-order valence-corrected chi connectivity index (χ3v) is 12.9. The average molecular weight is 880 g/mol. The van der Waals surface area contributed by atoms with Gasteiger partial charge < -0.3 is 9.97 Å². The van der Waals surface area contributed by atoms with Crippen molar-refractivity contribution in [2.45, 2.75) is 0 Å². The van der Waals surface area contributed by atoms with Gasteiger partial charge in [0.1, 0.15) is 0 Å². The molecule has 0 atom stereocenters. The number of hydrogen-bond donors (Lipinski definition) is 2. The van der Waals surface area contributed by atoms with Crippen molar-refractivity contribution in [2.75, 3.05) is 0 Å². The Hall–Kier alpha value is -7.98. The zero-order valence-electron chi connectivity index (χ0n) is 35.4. The maximum Gasteiger partial charge on any atom is 0.0737 e. The zero-order valence-corrected chi connectivity index (χ0v) is 38.4. The van der Waals surface area contributed by atoms with E-state index in [0.717, 1.165) is 89.4 Å². The summed E-state index contributed by atoms with van der Waals surface area (Å²) in [6.45, 7) is 0. The van der Waals surface area contributed by atoms with Crippen molar-refractivity contribution in [3.8, 4) is 44.5 Å². The Kier molecular flexibility index (Phi) is 9.33. The van der Waals surface area contributed by atoms with Crippen LogP contribution >= 0.6 is 0 Å². The second-order valence-electron chi connectivity index (χ2n) is 16.8. The summed E-state index contributed by atoms with van der Waals surface area (Å²) in [6.07, 6.45) is 8.70. The van der Waals surface area contributed by atoms with Crippen LogP contribution in [0.15, 0.2) is 194 Å². The Morgan fingerprint density at radius 2 is 0.477 bits per heavy atom. The van der Waals surface area contributed by atoms with Crippen LogP contribution in [0.1, 0.15) is 22.8 Å². The van der Waals surface area contributed by atoms with Crippen molar-refractivity contribution < 1.29 is 19.5 Å². The second kappa shape index (κ2) is 15.7. The maximum atomic E-state index is 5.58. The van der Waals surface area contributed by atoms with E-state index in [1.54, 1.807) is 0 Å². The van der Waals surface area contributed by atoms with E-state index in [1.807, 2.05) is 0 Å². The largest absolute Gasteiger partial charge is 0.354 e. The molecule has 0 fully saturated rings. The minimum absolute atomic E-state index is 0. The van der Waals surface area contributed by atoms with Gasteiger partial charge >= 0.3 is 0 Å². The normalized spacial score (nSPS) is 12.1. The van der Waals surface area contributed by atoms with Gasteiger partial charge in [0, 0.05) is 63.8 Å². The van der Waals surface area contributed by atoms with Crippen LogP contribution < -0.4 is 0 Å². The van der Waals surface area contributed by atoms with Crippen LogP contribution in [-0.2, 0) is 19.5 Å². The molecule has 0 radical (unpaired) electrons. The Balaban J connectivity index is 0.00000444. The Morgan fingerprint density at radius 1 is 0.246 bits per heavy atom. The molecule has 0 unspecified atom stereocenters. The molecule has 13 rings (SSSR count). The van der Waals surface area contributed by atoms with Crippen LogP contribution in [-0.4, -0.2) is 19.9 Å². The molecule has 0 amide bonds. The molecule has 3 aromatic heterocycles. The second-order valence-corrected chi connectivity index (χ2v) is 16.8. The molecule has 5 heterocycles. The van der Waals surface area contributed by atoms with Gasteiger partial charge in [-0.25, -0.2) is 9.97 Å². The van der Waals surface area contributed by atoms with Gasteiger partial charge in [-0.05, 0) is 138 Å². The number of hydrogen-bond acceptors (Lipinski definition) is 2. The van der Waals surface area contributed by atoms with Crippen molar-refractivity contribution in [1.82, 2.24) is 19.9 Å². The van der Waals surface area contributed by atoms with Gasteiger partial charge in [-0.3, -0.25) is 0 Å². The number of aromatic nitrogens is 4. The number of nitrogens with one attached hydrogen (secondary N) is 2. The minimum atomic E-state index is 0. The van der Waals surface area contributed by atoms with E-state index >= 15 is 0 Å². The SMILES string of the molecule is C1=Cc2nc1c(-c1ccc3ccccc3c1)c1ccc([nH]1)c(-c1ccc3ccccc3c1)c1nc(c(-c3ccc4ccccc4c3)c3ccc([nH]3)c2-c2ccc3ccccc3c2)C=C1.[Zn]. The van der Waals surface area contributed by atoms with E-state index in [4.69, 9.17) is 9.97 Å². The molecule has 300 valence electrons. The summed E-state index contributed by atoms with van der Waals surface area (Å²) in [7, 11) is 0. The van der Waals surface area contributed by atoms with Crippen LogP contribution in [0, 0.1) is 0 Å². The fourth-order valence-corrected chi connectivity index (χ4v) is 9.80. The van der Waals surface area contributed by atoms with Gasteiger partial charge in [0.05, 0.1) is 22.8 Å². The molecule has 11 aromatic rings. The van der Waals surface area contributed by atoms with Crippen molar-refractivity contribution >= 4 is 89.5 Å². The molecule has 8 bridgehead atoms. The molecular weight excluding hydrogens is 842 g/mol. The van der Waals surface area contributed by atoms with Crippen LogP contribution in [0.2, 0.25) is 0 Å². The van der Waals surface area contributed by atoms with E-state index in [-0.39, 0.29) is 19.5 Å². The van der Waals surface area contributed by atoms with E-state index in [1.165, 1.54) is 43.1 Å². The summed E-state index contributed by atoms with van der Waals surface area (Å²) in [5.74, 6) is 0. The van der Waals surface area contributed by atoms with Crippen molar-refractivity contribution in [1.29, 1.82) is 0 Å². The van der Waals surface area contributed by atoms with Crippen LogP contribution in [0.25, 0.3) is 134 Å². The van der Waals surface area contributed by atoms with Crippen molar-refractivity contribution in [3.05, 3.63) is 217 Å². The number of nitrogens with zero attached hydrogens (tertiary/aromatic N) is 2. The van der Waals surface area contributed by atoms with Crippen LogP contribution in [0.4, 0.5) is 0 Å². The Labute approximate surface area is 388 Å². The molecule has 4 nitrogen and oxygen atoms in total. The summed E-state index contributed by atoms with van der Waals surface area (Å²) < 4.78 is 0. The number of H-pyrrole nitrogens is 2. The molecule has 0 saturated carbocycles. The molecule has 0 saturated heterocycles. The minimum Gasteiger partial charge on any atom is -0.354 e. The van der Waals surface area contributed by atoms with Gasteiger partial charge in [-0.15, -0.1) is 0 Å². The summed E-state index contributed by atoms with van der Waals surface area (Å²) in [5, 5.41) is 9.50. The Morgan fingerprint density at radius 3 is 0.723 bits per heavy atom. The third-order valence-electron chi connectivity index (χ3n) is 12.9. The Bertz CT molecular complexity index is 3470. The molecule has 2 N–H and O–H groups in total. The number of aromatic amines is 2. The van der Waals surface area contributed by atoms with E-state index < -0.39 is 0 Å². The molecular formula is C60H38N4Zn. The van der Waals surface area contributed by atoms with Crippen LogP contribution in [0.5, 0.6) is 0 Å². The summed E-state index contributed by atoms with van der Waals surface area (Å²) in [5.41, 5.74) is 15.9. The fraction of sp³-hybridized carbons (Fsp3) is 0. The first kappa shape index (κ1) is 38.7. The van der Waals surface area contributed by atoms with Gasteiger partial charge in [-0.1, -0.05) is 146 Å². The molecule has 8 aromatic carbocycles. The summed E-state index contributed by atoms with van der Waals surface area (Å²) in [4.78, 5) is 19.0. The summed E-state index contributed by atoms with van der Waals surface area (Å²) in [6, 6.07) is 69.8. The predicted octanol–water partition coefficient (Wildman–Crippen LogP) is 15.9. The van der Waals surface area contributed by atoms with Crippen LogP contribution in [0.3, 0.4) is 0 Å². The first-order chi connectivity index (χ1) is 31.7. The van der Waals surface area contributed by atoms with Gasteiger partial charge in [0.15, 0.2) is 0 Å². The number of rotatable bonds is 4. The smallest absolute Gasteiger partial charge is 0.0737 e. The third kappa shape index (κ3) is 6.72. The zero-order chi connectivity index (χ0) is 42.1. The molecule has 65 heavy (non-hydrogen) atoms. The molecule has 2 aliphatic rings. The quantitative estimate of drug-likeness (QED) is 0.173. The van der Waals surface area contributed by atoms with E-state index in [0.29, 0.717) is 0 Å². The van der Waals surface area contributed by atoms with Gasteiger partial charge in [-0.2, -0.15) is 0 Å². The maximum absolute atomic E-state index is 5.58. The monoisotopic (exact) mass is 878 g/mol. The molecule has 5 heteroatoms. The molecule has 2 aliphatic heterocycles. The standard InChI is InChI=1S/C60H38N4.Zn/c1-5-13-41-33-45(21-17-37(41)9-1)57-49-25-27-51(61-49)58(46-22-18-38-10-2-6-14-42(38)34-46)53-29-31-55(63-53)60(48-24-20-40-12-4-8-16-44(40)36-48)56-32-30-54(64-56)59(52-28-26-50(57)62-52)47-23-19-39-11-3-7-15-43(39)35-47;/h1-36,61,64H;. The average Bonchev–Trinajstić information content (AvgIpc) is 4.20. The fourth-order valence-electron chi connectivity index (χ4n) is 9.80. The van der Waals surface area contributed by atoms with Crippen molar-refractivity contribution in [3.63, 3.8) is 0 Å². The van der Waals surface area contributed by atoms with Gasteiger partial charge in [0.2, 0.25) is 0 Å². The molecule has 0 spiro atoms. The first-order valence-corrected chi connectivity index (χ1v) is 21.8. The van der Waals surface area contributed by atoms with Gasteiger partial charge in [0.25, 0.3) is 0 Å². The molecule has 0 aliphatic carbocycles. The number of benzene rings is 8. The summed E-state index contributed by atoms with van der Waals surface area (Å²) >= 11 is 0. The van der Waals surface area contributed by atoms with E-state index in [2.05, 4.69) is 228 Å².